The monoisotopic (exact) mass is 418 g/mol. The molecule has 0 spiro atoms. The third-order valence-electron chi connectivity index (χ3n) is 5.21. The van der Waals surface area contributed by atoms with Gasteiger partial charge in [-0.25, -0.2) is 0 Å². The first kappa shape index (κ1) is 22.4. The van der Waals surface area contributed by atoms with E-state index in [-0.39, 0.29) is 33.7 Å². The van der Waals surface area contributed by atoms with Gasteiger partial charge in [-0.05, 0) is 47.2 Å². The predicted octanol–water partition coefficient (Wildman–Crippen LogP) is 6.72. The van der Waals surface area contributed by atoms with Crippen LogP contribution in [0.2, 0.25) is 0 Å². The molecule has 0 aliphatic heterocycles. The number of aromatic hydroxyl groups is 2. The quantitative estimate of drug-likeness (QED) is 0.462. The minimum atomic E-state index is -0.320. The second-order valence-electron chi connectivity index (χ2n) is 9.81. The lowest BCUT2D eigenvalue weighted by atomic mass is 9.79. The second-order valence-corrected chi connectivity index (χ2v) is 9.81. The molecule has 0 unspecified atom stereocenters. The third-order valence-corrected chi connectivity index (χ3v) is 5.21. The van der Waals surface area contributed by atoms with Crippen LogP contribution in [0.15, 0.2) is 60.7 Å². The molecule has 0 saturated carbocycles. The largest absolute Gasteiger partial charge is 0.507 e. The summed E-state index contributed by atoms with van der Waals surface area (Å²) in [6.45, 7) is 12.2. The summed E-state index contributed by atoms with van der Waals surface area (Å²) >= 11 is 0. The van der Waals surface area contributed by atoms with Crippen molar-refractivity contribution in [1.82, 2.24) is 0 Å². The van der Waals surface area contributed by atoms with E-state index in [9.17, 15) is 15.0 Å². The molecule has 3 aromatic rings. The van der Waals surface area contributed by atoms with Gasteiger partial charge in [0.15, 0.2) is 5.78 Å². The van der Waals surface area contributed by atoms with E-state index < -0.39 is 0 Å². The molecule has 0 radical (unpaired) electrons. The molecule has 0 aromatic heterocycles. The first-order valence-corrected chi connectivity index (χ1v) is 10.4. The molecule has 0 aliphatic rings. The summed E-state index contributed by atoms with van der Waals surface area (Å²) in [6, 6.07) is 17.1. The molecule has 4 nitrogen and oxygen atoms in total. The lowest BCUT2D eigenvalue weighted by molar-refractivity contribution is 0.103. The van der Waals surface area contributed by atoms with Crippen molar-refractivity contribution in [3.8, 4) is 23.0 Å². The molecule has 4 heteroatoms. The number of carbonyl (C=O) groups is 1. The zero-order valence-electron chi connectivity index (χ0n) is 19.0. The minimum absolute atomic E-state index is 0.0722. The number of phenols is 2. The van der Waals surface area contributed by atoms with Gasteiger partial charge in [0.25, 0.3) is 0 Å². The molecule has 0 bridgehead atoms. The van der Waals surface area contributed by atoms with Gasteiger partial charge < -0.3 is 14.9 Å². The van der Waals surface area contributed by atoms with E-state index in [1.165, 1.54) is 6.07 Å². The van der Waals surface area contributed by atoms with Crippen molar-refractivity contribution < 1.29 is 19.7 Å². The van der Waals surface area contributed by atoms with E-state index in [1.54, 1.807) is 42.5 Å². The van der Waals surface area contributed by atoms with Crippen LogP contribution in [-0.2, 0) is 10.8 Å². The van der Waals surface area contributed by atoms with Crippen LogP contribution >= 0.6 is 0 Å². The van der Waals surface area contributed by atoms with Crippen molar-refractivity contribution in [3.63, 3.8) is 0 Å². The molecule has 0 saturated heterocycles. The van der Waals surface area contributed by atoms with Gasteiger partial charge in [-0.3, -0.25) is 4.79 Å². The Bertz CT molecular complexity index is 1080. The van der Waals surface area contributed by atoms with Gasteiger partial charge in [0.05, 0.1) is 11.1 Å². The normalized spacial score (nSPS) is 11.9. The van der Waals surface area contributed by atoms with Crippen molar-refractivity contribution in [2.24, 2.45) is 0 Å². The van der Waals surface area contributed by atoms with Gasteiger partial charge >= 0.3 is 0 Å². The number of ether oxygens (including phenoxy) is 1. The zero-order chi connectivity index (χ0) is 23.0. The van der Waals surface area contributed by atoms with Gasteiger partial charge in [0, 0.05) is 11.1 Å². The molecule has 0 atom stereocenters. The summed E-state index contributed by atoms with van der Waals surface area (Å²) in [4.78, 5) is 13.1. The summed E-state index contributed by atoms with van der Waals surface area (Å²) < 4.78 is 6.21. The number of hydrogen-bond acceptors (Lipinski definition) is 4. The first-order valence-electron chi connectivity index (χ1n) is 10.4. The summed E-state index contributed by atoms with van der Waals surface area (Å²) in [5.74, 6) is 0.814. The second kappa shape index (κ2) is 8.10. The van der Waals surface area contributed by atoms with Crippen LogP contribution in [0, 0.1) is 0 Å². The maximum atomic E-state index is 13.1. The minimum Gasteiger partial charge on any atom is -0.507 e. The van der Waals surface area contributed by atoms with Gasteiger partial charge in [-0.15, -0.1) is 0 Å². The Kier molecular flexibility index (Phi) is 5.86. The molecule has 3 rings (SSSR count). The molecule has 31 heavy (non-hydrogen) atoms. The SMILES string of the molecule is CC(C)(C)c1cc(Oc2ccccc2C(=O)c2ccccc2O)cc(C(C)(C)C)c1O. The molecule has 2 N–H and O–H groups in total. The molecule has 0 amide bonds. The highest BCUT2D eigenvalue weighted by molar-refractivity contribution is 6.12. The number of carbonyl (C=O) groups excluding carboxylic acids is 1. The predicted molar refractivity (Wildman–Crippen MR) is 124 cm³/mol. The number of hydrogen-bond donors (Lipinski definition) is 2. The van der Waals surface area contributed by atoms with Crippen molar-refractivity contribution in [2.75, 3.05) is 0 Å². The number of rotatable bonds is 4. The highest BCUT2D eigenvalue weighted by Crippen LogP contribution is 2.43. The van der Waals surface area contributed by atoms with Crippen LogP contribution in [0.3, 0.4) is 0 Å². The fourth-order valence-electron chi connectivity index (χ4n) is 3.49. The Morgan fingerprint density at radius 1 is 0.742 bits per heavy atom. The Labute approximate surface area is 184 Å². The molecule has 162 valence electrons. The van der Waals surface area contributed by atoms with Crippen LogP contribution < -0.4 is 4.74 Å². The number of benzene rings is 3. The zero-order valence-corrected chi connectivity index (χ0v) is 19.0. The molecular weight excluding hydrogens is 388 g/mol. The van der Waals surface area contributed by atoms with Gasteiger partial charge in [-0.2, -0.15) is 0 Å². The number of phenolic OH excluding ortho intramolecular Hbond substituents is 2. The first-order chi connectivity index (χ1) is 14.4. The maximum Gasteiger partial charge on any atom is 0.200 e. The summed E-state index contributed by atoms with van der Waals surface area (Å²) in [5.41, 5.74) is 1.53. The third kappa shape index (κ3) is 4.74. The van der Waals surface area contributed by atoms with E-state index in [2.05, 4.69) is 0 Å². The van der Waals surface area contributed by atoms with Crippen LogP contribution in [0.25, 0.3) is 0 Å². The van der Waals surface area contributed by atoms with Crippen molar-refractivity contribution in [2.45, 2.75) is 52.4 Å². The molecule has 0 heterocycles. The molecule has 3 aromatic carbocycles. The van der Waals surface area contributed by atoms with Crippen LogP contribution in [0.4, 0.5) is 0 Å². The van der Waals surface area contributed by atoms with Crippen molar-refractivity contribution in [3.05, 3.63) is 82.9 Å². The topological polar surface area (TPSA) is 66.8 Å². The van der Waals surface area contributed by atoms with E-state index in [4.69, 9.17) is 4.74 Å². The van der Waals surface area contributed by atoms with Gasteiger partial charge in [0.2, 0.25) is 0 Å². The Morgan fingerprint density at radius 2 is 1.23 bits per heavy atom. The van der Waals surface area contributed by atoms with Crippen LogP contribution in [0.1, 0.15) is 68.6 Å². The Hall–Kier alpha value is -3.27. The molecular formula is C27H30O4. The standard InChI is InChI=1S/C27H30O4/c1-26(2,3)20-15-17(16-21(25(20)30)27(4,5)6)31-23-14-10-8-12-19(23)24(29)18-11-7-9-13-22(18)28/h7-16,28,30H,1-6H3. The fourth-order valence-corrected chi connectivity index (χ4v) is 3.49. The van der Waals surface area contributed by atoms with Gasteiger partial charge in [-0.1, -0.05) is 65.8 Å². The highest BCUT2D eigenvalue weighted by Gasteiger charge is 2.27. The summed E-state index contributed by atoms with van der Waals surface area (Å²) in [6.07, 6.45) is 0. The van der Waals surface area contributed by atoms with E-state index >= 15 is 0 Å². The van der Waals surface area contributed by atoms with Crippen molar-refractivity contribution >= 4 is 5.78 Å². The number of ketones is 1. The summed E-state index contributed by atoms with van der Waals surface area (Å²) in [7, 11) is 0. The average molecular weight is 419 g/mol. The van der Waals surface area contributed by atoms with E-state index in [1.807, 2.05) is 53.7 Å². The average Bonchev–Trinajstić information content (AvgIpc) is 2.68. The Morgan fingerprint density at radius 3 is 1.74 bits per heavy atom. The van der Waals surface area contributed by atoms with Crippen molar-refractivity contribution in [1.29, 1.82) is 0 Å². The lowest BCUT2D eigenvalue weighted by Gasteiger charge is -2.28. The maximum absolute atomic E-state index is 13.1. The summed E-state index contributed by atoms with van der Waals surface area (Å²) in [5, 5.41) is 21.1. The fraction of sp³-hybridized carbons (Fsp3) is 0.296. The van der Waals surface area contributed by atoms with Crippen LogP contribution in [0.5, 0.6) is 23.0 Å². The lowest BCUT2D eigenvalue weighted by Crippen LogP contribution is -2.17. The molecule has 0 fully saturated rings. The Balaban J connectivity index is 2.10. The highest BCUT2D eigenvalue weighted by atomic mass is 16.5. The number of para-hydroxylation sites is 2. The van der Waals surface area contributed by atoms with E-state index in [0.717, 1.165) is 11.1 Å². The van der Waals surface area contributed by atoms with E-state index in [0.29, 0.717) is 17.1 Å². The van der Waals surface area contributed by atoms with Crippen LogP contribution in [-0.4, -0.2) is 16.0 Å². The smallest absolute Gasteiger partial charge is 0.200 e. The molecule has 0 aliphatic carbocycles. The van der Waals surface area contributed by atoms with Gasteiger partial charge in [0.1, 0.15) is 23.0 Å².